The summed E-state index contributed by atoms with van der Waals surface area (Å²) in [7, 11) is 0. The van der Waals surface area contributed by atoms with Crippen LogP contribution in [0.25, 0.3) is 0 Å². The van der Waals surface area contributed by atoms with Gasteiger partial charge in [-0.1, -0.05) is 12.1 Å². The molecule has 1 aliphatic heterocycles. The van der Waals surface area contributed by atoms with E-state index in [-0.39, 0.29) is 0 Å². The number of hydrogen-bond donors (Lipinski definition) is 2. The maximum absolute atomic E-state index is 10.0. The van der Waals surface area contributed by atoms with Crippen LogP contribution in [-0.4, -0.2) is 24.5 Å². The second-order valence-electron chi connectivity index (χ2n) is 4.74. The molecule has 5 heteroatoms. The molecular formula is C13H19N3O2. The second kappa shape index (κ2) is 6.05. The summed E-state index contributed by atoms with van der Waals surface area (Å²) in [5.41, 5.74) is 6.43. The van der Waals surface area contributed by atoms with Gasteiger partial charge in [-0.3, -0.25) is 4.99 Å². The highest BCUT2D eigenvalue weighted by Crippen LogP contribution is 2.24. The number of anilines is 1. The maximum Gasteiger partial charge on any atom is 0.405 e. The third kappa shape index (κ3) is 5.34. The van der Waals surface area contributed by atoms with Crippen molar-refractivity contribution in [2.75, 3.05) is 11.9 Å². The molecular weight excluding hydrogens is 230 g/mol. The summed E-state index contributed by atoms with van der Waals surface area (Å²) in [6.45, 7) is 6.13. The van der Waals surface area contributed by atoms with E-state index in [1.165, 1.54) is 0 Å². The summed E-state index contributed by atoms with van der Waals surface area (Å²) in [5.74, 6) is 0. The average molecular weight is 249 g/mol. The smallest absolute Gasteiger partial charge is 0.405 e. The molecule has 2 rings (SSSR count). The highest BCUT2D eigenvalue weighted by molar-refractivity contribution is 5.80. The van der Waals surface area contributed by atoms with Crippen molar-refractivity contribution in [3.8, 4) is 0 Å². The normalized spacial score (nSPS) is 12.6. The van der Waals surface area contributed by atoms with Gasteiger partial charge in [-0.05, 0) is 32.9 Å². The molecule has 1 amide bonds. The van der Waals surface area contributed by atoms with E-state index in [9.17, 15) is 4.79 Å². The number of nitrogens with one attached hydrogen (secondary N) is 1. The average Bonchev–Trinajstić information content (AvgIpc) is 2.27. The molecule has 3 N–H and O–H groups in total. The van der Waals surface area contributed by atoms with Crippen molar-refractivity contribution >= 4 is 23.7 Å². The fourth-order valence-corrected chi connectivity index (χ4v) is 1.34. The van der Waals surface area contributed by atoms with E-state index >= 15 is 0 Å². The molecule has 1 heterocycles. The standard InChI is InChI=1S/C8H8N2.C5H11NO2/c1-2-4-8-7(3-1)9-5-6-10-8;1-5(2,3)8-4(6)7/h1-5,10H,6H2;1-3H3,(H2,6,7). The minimum absolute atomic E-state index is 0.453. The van der Waals surface area contributed by atoms with Crippen LogP contribution in [0.2, 0.25) is 0 Å². The number of rotatable bonds is 0. The first-order valence-corrected chi connectivity index (χ1v) is 5.72. The van der Waals surface area contributed by atoms with Crippen LogP contribution in [0.4, 0.5) is 16.2 Å². The Morgan fingerprint density at radius 3 is 2.56 bits per heavy atom. The lowest BCUT2D eigenvalue weighted by atomic mass is 10.2. The molecule has 1 aliphatic rings. The molecule has 0 saturated carbocycles. The third-order valence-electron chi connectivity index (χ3n) is 1.93. The van der Waals surface area contributed by atoms with E-state index in [4.69, 9.17) is 5.73 Å². The molecule has 98 valence electrons. The lowest BCUT2D eigenvalue weighted by Crippen LogP contribution is -2.27. The van der Waals surface area contributed by atoms with Gasteiger partial charge in [-0.15, -0.1) is 0 Å². The maximum atomic E-state index is 10.0. The van der Waals surface area contributed by atoms with Gasteiger partial charge in [0.15, 0.2) is 0 Å². The Morgan fingerprint density at radius 2 is 2.06 bits per heavy atom. The number of amides is 1. The van der Waals surface area contributed by atoms with Gasteiger partial charge in [0.2, 0.25) is 0 Å². The monoisotopic (exact) mass is 249 g/mol. The Hall–Kier alpha value is -2.04. The summed E-state index contributed by atoms with van der Waals surface area (Å²) < 4.78 is 4.58. The molecule has 0 saturated heterocycles. The van der Waals surface area contributed by atoms with Gasteiger partial charge >= 0.3 is 6.09 Å². The quantitative estimate of drug-likeness (QED) is 0.742. The number of para-hydroxylation sites is 2. The Balaban J connectivity index is 0.000000187. The molecule has 0 atom stereocenters. The zero-order chi connectivity index (χ0) is 13.6. The van der Waals surface area contributed by atoms with Gasteiger partial charge in [-0.25, -0.2) is 4.79 Å². The van der Waals surface area contributed by atoms with Crippen molar-refractivity contribution in [3.05, 3.63) is 24.3 Å². The van der Waals surface area contributed by atoms with Crippen LogP contribution >= 0.6 is 0 Å². The predicted molar refractivity (Wildman–Crippen MR) is 73.5 cm³/mol. The van der Waals surface area contributed by atoms with Crippen molar-refractivity contribution in [2.45, 2.75) is 26.4 Å². The summed E-state index contributed by atoms with van der Waals surface area (Å²) in [6.07, 6.45) is 1.15. The Kier molecular flexibility index (Phi) is 4.71. The minimum Gasteiger partial charge on any atom is -0.444 e. The molecule has 0 aromatic heterocycles. The Bertz CT molecular complexity index is 436. The molecule has 0 unspecified atom stereocenters. The van der Waals surface area contributed by atoms with Crippen LogP contribution in [0.1, 0.15) is 20.8 Å². The van der Waals surface area contributed by atoms with E-state index in [1.54, 1.807) is 20.8 Å². The summed E-state index contributed by atoms with van der Waals surface area (Å²) >= 11 is 0. The van der Waals surface area contributed by atoms with Crippen molar-refractivity contribution in [1.29, 1.82) is 0 Å². The highest BCUT2D eigenvalue weighted by Gasteiger charge is 2.12. The zero-order valence-electron chi connectivity index (χ0n) is 10.9. The fourth-order valence-electron chi connectivity index (χ4n) is 1.34. The first-order chi connectivity index (χ1) is 8.38. The number of carbonyl (C=O) groups is 1. The van der Waals surface area contributed by atoms with E-state index < -0.39 is 11.7 Å². The minimum atomic E-state index is -0.725. The summed E-state index contributed by atoms with van der Waals surface area (Å²) in [6, 6.07) is 8.03. The Morgan fingerprint density at radius 1 is 1.39 bits per heavy atom. The van der Waals surface area contributed by atoms with Crippen LogP contribution in [0.5, 0.6) is 0 Å². The van der Waals surface area contributed by atoms with E-state index in [2.05, 4.69) is 15.0 Å². The van der Waals surface area contributed by atoms with Crippen LogP contribution in [0, 0.1) is 0 Å². The number of fused-ring (bicyclic) bond motifs is 1. The highest BCUT2D eigenvalue weighted by atomic mass is 16.6. The zero-order valence-corrected chi connectivity index (χ0v) is 10.9. The van der Waals surface area contributed by atoms with E-state index in [1.807, 2.05) is 30.5 Å². The number of nitrogens with zero attached hydrogens (tertiary/aromatic N) is 1. The second-order valence-corrected chi connectivity index (χ2v) is 4.74. The molecule has 0 aliphatic carbocycles. The van der Waals surface area contributed by atoms with Crippen molar-refractivity contribution < 1.29 is 9.53 Å². The Labute approximate surface area is 107 Å². The molecule has 0 fully saturated rings. The van der Waals surface area contributed by atoms with Gasteiger partial charge in [-0.2, -0.15) is 0 Å². The number of nitrogens with two attached hydrogens (primary N) is 1. The predicted octanol–water partition coefficient (Wildman–Crippen LogP) is 2.69. The molecule has 1 aromatic rings. The number of hydrogen-bond acceptors (Lipinski definition) is 4. The van der Waals surface area contributed by atoms with Crippen molar-refractivity contribution in [1.82, 2.24) is 0 Å². The molecule has 18 heavy (non-hydrogen) atoms. The molecule has 5 nitrogen and oxygen atoms in total. The van der Waals surface area contributed by atoms with Gasteiger partial charge < -0.3 is 15.8 Å². The number of benzene rings is 1. The lowest BCUT2D eigenvalue weighted by Gasteiger charge is -2.16. The van der Waals surface area contributed by atoms with Gasteiger partial charge in [0.05, 0.1) is 17.9 Å². The summed E-state index contributed by atoms with van der Waals surface area (Å²) in [5, 5.41) is 3.21. The van der Waals surface area contributed by atoms with Crippen molar-refractivity contribution in [3.63, 3.8) is 0 Å². The third-order valence-corrected chi connectivity index (χ3v) is 1.93. The van der Waals surface area contributed by atoms with Gasteiger partial charge in [0.1, 0.15) is 5.60 Å². The van der Waals surface area contributed by atoms with Crippen LogP contribution in [0.15, 0.2) is 29.3 Å². The van der Waals surface area contributed by atoms with Crippen molar-refractivity contribution in [2.24, 2.45) is 10.7 Å². The first kappa shape index (κ1) is 14.0. The summed E-state index contributed by atoms with van der Waals surface area (Å²) in [4.78, 5) is 14.2. The molecule has 0 radical (unpaired) electrons. The number of aliphatic imine (C=N–C) groups is 1. The number of carbonyl (C=O) groups excluding carboxylic acids is 1. The molecule has 0 spiro atoms. The van der Waals surface area contributed by atoms with Crippen LogP contribution in [-0.2, 0) is 4.74 Å². The van der Waals surface area contributed by atoms with E-state index in [0.717, 1.165) is 17.9 Å². The number of ether oxygens (including phenoxy) is 1. The lowest BCUT2D eigenvalue weighted by molar-refractivity contribution is 0.0600. The van der Waals surface area contributed by atoms with Gasteiger partial charge in [0.25, 0.3) is 0 Å². The van der Waals surface area contributed by atoms with E-state index in [0.29, 0.717) is 0 Å². The largest absolute Gasteiger partial charge is 0.444 e. The topological polar surface area (TPSA) is 76.7 Å². The SMILES string of the molecule is C1=Nc2ccccc2NC1.CC(C)(C)OC(N)=O. The van der Waals surface area contributed by atoms with Gasteiger partial charge in [0, 0.05) is 6.21 Å². The molecule has 0 bridgehead atoms. The number of primary amides is 1. The van der Waals surface area contributed by atoms with Crippen LogP contribution in [0.3, 0.4) is 0 Å². The fraction of sp³-hybridized carbons (Fsp3) is 0.385. The van der Waals surface area contributed by atoms with Crippen LogP contribution < -0.4 is 11.1 Å². The molecule has 1 aromatic carbocycles. The first-order valence-electron chi connectivity index (χ1n) is 5.72.